The number of hydrogen-bond donors (Lipinski definition) is 3. The van der Waals surface area contributed by atoms with E-state index in [1.54, 1.807) is 36.4 Å². The zero-order chi connectivity index (χ0) is 18.2. The lowest BCUT2D eigenvalue weighted by Gasteiger charge is -2.13. The lowest BCUT2D eigenvalue weighted by molar-refractivity contribution is -0.114. The van der Waals surface area contributed by atoms with Gasteiger partial charge < -0.3 is 16.0 Å². The van der Waals surface area contributed by atoms with Gasteiger partial charge in [-0.05, 0) is 30.2 Å². The molecule has 2 rings (SSSR count). The van der Waals surface area contributed by atoms with E-state index in [0.29, 0.717) is 23.7 Å². The number of para-hydroxylation sites is 2. The average molecular weight is 343 g/mol. The van der Waals surface area contributed by atoms with Crippen molar-refractivity contribution >= 4 is 23.2 Å². The summed E-state index contributed by atoms with van der Waals surface area (Å²) in [6.07, 6.45) is 0. The first-order chi connectivity index (χ1) is 12.0. The maximum atomic E-state index is 13.5. The molecule has 0 aliphatic heterocycles. The van der Waals surface area contributed by atoms with Gasteiger partial charge in [-0.15, -0.1) is 0 Å². The van der Waals surface area contributed by atoms with Crippen LogP contribution in [0, 0.1) is 11.7 Å². The Balaban J connectivity index is 1.97. The Labute approximate surface area is 146 Å². The van der Waals surface area contributed by atoms with Gasteiger partial charge >= 0.3 is 0 Å². The first-order valence-corrected chi connectivity index (χ1v) is 8.13. The highest BCUT2D eigenvalue weighted by molar-refractivity contribution is 6.00. The molecule has 2 aromatic rings. The van der Waals surface area contributed by atoms with Crippen molar-refractivity contribution in [2.24, 2.45) is 5.92 Å². The van der Waals surface area contributed by atoms with E-state index in [0.717, 1.165) is 0 Å². The van der Waals surface area contributed by atoms with Crippen molar-refractivity contribution in [2.45, 2.75) is 13.8 Å². The highest BCUT2D eigenvalue weighted by atomic mass is 19.1. The van der Waals surface area contributed by atoms with Gasteiger partial charge in [0.25, 0.3) is 5.91 Å². The standard InChI is InChI=1S/C19H22FN3O2/c1-13(2)11-22-19(25)14-7-3-5-9-16(14)21-12-18(24)23-17-10-6-4-8-15(17)20/h3-10,13,21H,11-12H2,1-2H3,(H,22,25)(H,23,24). The van der Waals surface area contributed by atoms with Crippen LogP contribution in [0.5, 0.6) is 0 Å². The van der Waals surface area contributed by atoms with Crippen LogP contribution in [0.4, 0.5) is 15.8 Å². The zero-order valence-corrected chi connectivity index (χ0v) is 14.3. The van der Waals surface area contributed by atoms with Gasteiger partial charge in [-0.2, -0.15) is 0 Å². The quantitative estimate of drug-likeness (QED) is 0.723. The van der Waals surface area contributed by atoms with Crippen molar-refractivity contribution in [1.29, 1.82) is 0 Å². The second-order valence-corrected chi connectivity index (χ2v) is 6.03. The highest BCUT2D eigenvalue weighted by Gasteiger charge is 2.12. The van der Waals surface area contributed by atoms with Crippen LogP contribution < -0.4 is 16.0 Å². The van der Waals surface area contributed by atoms with Crippen molar-refractivity contribution in [3.8, 4) is 0 Å². The number of carbonyl (C=O) groups is 2. The Bertz CT molecular complexity index is 747. The molecule has 0 saturated carbocycles. The van der Waals surface area contributed by atoms with Crippen molar-refractivity contribution in [3.05, 3.63) is 59.9 Å². The number of benzene rings is 2. The third-order valence-corrected chi connectivity index (χ3v) is 3.43. The highest BCUT2D eigenvalue weighted by Crippen LogP contribution is 2.15. The summed E-state index contributed by atoms with van der Waals surface area (Å²) < 4.78 is 13.5. The second kappa shape index (κ2) is 8.82. The van der Waals surface area contributed by atoms with Crippen LogP contribution in [0.15, 0.2) is 48.5 Å². The maximum absolute atomic E-state index is 13.5. The van der Waals surface area contributed by atoms with Gasteiger partial charge in [-0.1, -0.05) is 38.1 Å². The molecule has 25 heavy (non-hydrogen) atoms. The minimum absolute atomic E-state index is 0.0805. The molecule has 6 heteroatoms. The molecule has 3 N–H and O–H groups in total. The molecule has 0 aliphatic carbocycles. The summed E-state index contributed by atoms with van der Waals surface area (Å²) in [7, 11) is 0. The summed E-state index contributed by atoms with van der Waals surface area (Å²) >= 11 is 0. The predicted molar refractivity (Wildman–Crippen MR) is 97.1 cm³/mol. The lowest BCUT2D eigenvalue weighted by Crippen LogP contribution is -2.29. The summed E-state index contributed by atoms with van der Waals surface area (Å²) in [6, 6.07) is 12.9. The molecule has 0 spiro atoms. The molecule has 0 atom stereocenters. The van der Waals surface area contributed by atoms with Crippen molar-refractivity contribution in [3.63, 3.8) is 0 Å². The van der Waals surface area contributed by atoms with Gasteiger partial charge in [-0.25, -0.2) is 4.39 Å². The Morgan fingerprint density at radius 1 is 1.00 bits per heavy atom. The van der Waals surface area contributed by atoms with Gasteiger partial charge in [0.15, 0.2) is 0 Å². The third kappa shape index (κ3) is 5.60. The van der Waals surface area contributed by atoms with Crippen LogP contribution in [0.1, 0.15) is 24.2 Å². The number of rotatable bonds is 7. The molecule has 5 nitrogen and oxygen atoms in total. The molecule has 0 unspecified atom stereocenters. The second-order valence-electron chi connectivity index (χ2n) is 6.03. The lowest BCUT2D eigenvalue weighted by atomic mass is 10.1. The molecular weight excluding hydrogens is 321 g/mol. The van der Waals surface area contributed by atoms with Crippen LogP contribution in [-0.2, 0) is 4.79 Å². The van der Waals surface area contributed by atoms with Crippen LogP contribution in [0.3, 0.4) is 0 Å². The van der Waals surface area contributed by atoms with E-state index >= 15 is 0 Å². The van der Waals surface area contributed by atoms with E-state index < -0.39 is 11.7 Å². The Morgan fingerprint density at radius 3 is 2.32 bits per heavy atom. The van der Waals surface area contributed by atoms with Gasteiger partial charge in [0, 0.05) is 12.2 Å². The Morgan fingerprint density at radius 2 is 1.64 bits per heavy atom. The number of hydrogen-bond acceptors (Lipinski definition) is 3. The number of nitrogens with one attached hydrogen (secondary N) is 3. The first-order valence-electron chi connectivity index (χ1n) is 8.13. The van der Waals surface area contributed by atoms with Crippen LogP contribution >= 0.6 is 0 Å². The van der Waals surface area contributed by atoms with E-state index in [9.17, 15) is 14.0 Å². The van der Waals surface area contributed by atoms with Gasteiger partial charge in [-0.3, -0.25) is 9.59 Å². The summed E-state index contributed by atoms with van der Waals surface area (Å²) in [5, 5.41) is 8.26. The molecule has 0 fully saturated rings. The van der Waals surface area contributed by atoms with Crippen molar-refractivity contribution in [2.75, 3.05) is 23.7 Å². The molecule has 0 bridgehead atoms. The maximum Gasteiger partial charge on any atom is 0.253 e. The molecule has 0 aromatic heterocycles. The molecule has 2 amide bonds. The summed E-state index contributed by atoms with van der Waals surface area (Å²) in [6.45, 7) is 4.51. The Kier molecular flexibility index (Phi) is 6.51. The van der Waals surface area contributed by atoms with E-state index in [1.807, 2.05) is 13.8 Å². The van der Waals surface area contributed by atoms with Crippen LogP contribution in [-0.4, -0.2) is 24.9 Å². The number of anilines is 2. The summed E-state index contributed by atoms with van der Waals surface area (Å²) in [4.78, 5) is 24.2. The first kappa shape index (κ1) is 18.4. The number of carbonyl (C=O) groups excluding carboxylic acids is 2. The van der Waals surface area contributed by atoms with E-state index in [2.05, 4.69) is 16.0 Å². The Hall–Kier alpha value is -2.89. The SMILES string of the molecule is CC(C)CNC(=O)c1ccccc1NCC(=O)Nc1ccccc1F. The average Bonchev–Trinajstić information content (AvgIpc) is 2.60. The topological polar surface area (TPSA) is 70.2 Å². The molecule has 132 valence electrons. The molecule has 2 aromatic carbocycles. The fourth-order valence-corrected chi connectivity index (χ4v) is 2.16. The minimum Gasteiger partial charge on any atom is -0.376 e. The predicted octanol–water partition coefficient (Wildman–Crippen LogP) is 3.26. The fraction of sp³-hybridized carbons (Fsp3) is 0.263. The number of halogens is 1. The van der Waals surface area contributed by atoms with Gasteiger partial charge in [0.1, 0.15) is 5.82 Å². The molecular formula is C19H22FN3O2. The largest absolute Gasteiger partial charge is 0.376 e. The monoisotopic (exact) mass is 343 g/mol. The molecule has 0 heterocycles. The molecule has 0 aliphatic rings. The molecule has 0 saturated heterocycles. The smallest absolute Gasteiger partial charge is 0.253 e. The van der Waals surface area contributed by atoms with Crippen molar-refractivity contribution in [1.82, 2.24) is 5.32 Å². The van der Waals surface area contributed by atoms with E-state index in [4.69, 9.17) is 0 Å². The van der Waals surface area contributed by atoms with Crippen molar-refractivity contribution < 1.29 is 14.0 Å². The third-order valence-electron chi connectivity index (χ3n) is 3.43. The van der Waals surface area contributed by atoms with Gasteiger partial charge in [0.2, 0.25) is 5.91 Å². The van der Waals surface area contributed by atoms with Crippen LogP contribution in [0.2, 0.25) is 0 Å². The normalized spacial score (nSPS) is 10.4. The van der Waals surface area contributed by atoms with E-state index in [-0.39, 0.29) is 18.1 Å². The molecule has 0 radical (unpaired) electrons. The van der Waals surface area contributed by atoms with Crippen LogP contribution in [0.25, 0.3) is 0 Å². The zero-order valence-electron chi connectivity index (χ0n) is 14.3. The van der Waals surface area contributed by atoms with E-state index in [1.165, 1.54) is 12.1 Å². The summed E-state index contributed by atoms with van der Waals surface area (Å²) in [5.74, 6) is -0.756. The van der Waals surface area contributed by atoms with Gasteiger partial charge in [0.05, 0.1) is 17.8 Å². The number of amides is 2. The summed E-state index contributed by atoms with van der Waals surface area (Å²) in [5.41, 5.74) is 1.13. The fourth-order valence-electron chi connectivity index (χ4n) is 2.16. The minimum atomic E-state index is -0.496.